The molecule has 4 nitrogen and oxygen atoms in total. The van der Waals surface area contributed by atoms with Gasteiger partial charge in [0.1, 0.15) is 12.2 Å². The van der Waals surface area contributed by atoms with Gasteiger partial charge in [0.05, 0.1) is 9.65 Å². The lowest BCUT2D eigenvalue weighted by molar-refractivity contribution is -0.147. The standard InChI is InChI=1S/C16H16Br2O4/c1-9(19)21-13-8-12(11-6-4-3-5-7-11)16(22-10(2)20)15(18)14(13)17/h3-8,13-16H,1-2H3/t13-,14+,15-,16-/m1/s1. The summed E-state index contributed by atoms with van der Waals surface area (Å²) >= 11 is 7.08. The Labute approximate surface area is 146 Å². The van der Waals surface area contributed by atoms with Crippen LogP contribution in [0.4, 0.5) is 0 Å². The topological polar surface area (TPSA) is 52.6 Å². The first-order valence-electron chi connectivity index (χ1n) is 6.80. The zero-order valence-corrected chi connectivity index (χ0v) is 15.3. The third-order valence-corrected chi connectivity index (χ3v) is 6.11. The van der Waals surface area contributed by atoms with Crippen molar-refractivity contribution in [3.63, 3.8) is 0 Å². The second-order valence-corrected chi connectivity index (χ2v) is 7.10. The second-order valence-electron chi connectivity index (χ2n) is 4.98. The highest BCUT2D eigenvalue weighted by Gasteiger charge is 2.41. The molecule has 0 spiro atoms. The van der Waals surface area contributed by atoms with E-state index < -0.39 is 12.2 Å². The Kier molecular flexibility index (Phi) is 5.81. The van der Waals surface area contributed by atoms with Crippen molar-refractivity contribution in [1.29, 1.82) is 0 Å². The molecule has 118 valence electrons. The molecule has 0 unspecified atom stereocenters. The maximum atomic E-state index is 11.4. The van der Waals surface area contributed by atoms with Crippen molar-refractivity contribution in [3.8, 4) is 0 Å². The number of carbonyl (C=O) groups is 2. The number of hydrogen-bond acceptors (Lipinski definition) is 4. The lowest BCUT2D eigenvalue weighted by atomic mass is 9.89. The van der Waals surface area contributed by atoms with E-state index in [1.54, 1.807) is 0 Å². The van der Waals surface area contributed by atoms with Crippen LogP contribution in [0.15, 0.2) is 36.4 Å². The van der Waals surface area contributed by atoms with E-state index in [1.165, 1.54) is 13.8 Å². The molecule has 6 heteroatoms. The van der Waals surface area contributed by atoms with Crippen LogP contribution in [0, 0.1) is 0 Å². The van der Waals surface area contributed by atoms with Gasteiger partial charge in [0.2, 0.25) is 0 Å². The van der Waals surface area contributed by atoms with Crippen LogP contribution in [-0.4, -0.2) is 33.8 Å². The van der Waals surface area contributed by atoms with Gasteiger partial charge < -0.3 is 9.47 Å². The molecule has 0 heterocycles. The molecule has 0 amide bonds. The molecule has 0 radical (unpaired) electrons. The molecular weight excluding hydrogens is 416 g/mol. The van der Waals surface area contributed by atoms with Gasteiger partial charge in [-0.2, -0.15) is 0 Å². The molecule has 0 N–H and O–H groups in total. The maximum absolute atomic E-state index is 11.4. The molecule has 0 saturated carbocycles. The van der Waals surface area contributed by atoms with E-state index in [9.17, 15) is 9.59 Å². The molecule has 0 aromatic heterocycles. The number of hydrogen-bond donors (Lipinski definition) is 0. The van der Waals surface area contributed by atoms with Gasteiger partial charge in [0, 0.05) is 19.4 Å². The van der Waals surface area contributed by atoms with Gasteiger partial charge in [-0.15, -0.1) is 0 Å². The molecule has 0 aliphatic heterocycles. The van der Waals surface area contributed by atoms with E-state index in [0.29, 0.717) is 0 Å². The summed E-state index contributed by atoms with van der Waals surface area (Å²) in [6.45, 7) is 2.75. The van der Waals surface area contributed by atoms with E-state index in [-0.39, 0.29) is 21.6 Å². The SMILES string of the molecule is CC(=O)O[C@@H]1C(c2ccccc2)=C[C@@H](OC(C)=O)[C@H](Br)[C@H]1Br. The van der Waals surface area contributed by atoms with Crippen LogP contribution < -0.4 is 0 Å². The summed E-state index contributed by atoms with van der Waals surface area (Å²) in [4.78, 5) is 22.3. The molecule has 1 aliphatic carbocycles. The average Bonchev–Trinajstić information content (AvgIpc) is 2.47. The lowest BCUT2D eigenvalue weighted by Gasteiger charge is -2.36. The first-order valence-corrected chi connectivity index (χ1v) is 8.63. The van der Waals surface area contributed by atoms with Gasteiger partial charge in [-0.05, 0) is 11.6 Å². The zero-order valence-electron chi connectivity index (χ0n) is 12.2. The Morgan fingerprint density at radius 1 is 0.955 bits per heavy atom. The minimum Gasteiger partial charge on any atom is -0.457 e. The third-order valence-electron chi connectivity index (χ3n) is 3.26. The van der Waals surface area contributed by atoms with Gasteiger partial charge in [-0.3, -0.25) is 9.59 Å². The molecule has 0 saturated heterocycles. The number of alkyl halides is 2. The van der Waals surface area contributed by atoms with Crippen LogP contribution in [-0.2, 0) is 19.1 Å². The quantitative estimate of drug-likeness (QED) is 0.543. The van der Waals surface area contributed by atoms with E-state index in [0.717, 1.165) is 11.1 Å². The Morgan fingerprint density at radius 2 is 1.55 bits per heavy atom. The molecular formula is C16H16Br2O4. The maximum Gasteiger partial charge on any atom is 0.303 e. The zero-order chi connectivity index (χ0) is 16.3. The minimum absolute atomic E-state index is 0.201. The second kappa shape index (κ2) is 7.42. The highest BCUT2D eigenvalue weighted by molar-refractivity contribution is 9.12. The van der Waals surface area contributed by atoms with Gasteiger partial charge in [-0.1, -0.05) is 62.2 Å². The molecule has 1 aromatic rings. The van der Waals surface area contributed by atoms with E-state index in [4.69, 9.17) is 9.47 Å². The minimum atomic E-state index is -0.462. The predicted octanol–water partition coefficient (Wildman–Crippen LogP) is 3.47. The predicted molar refractivity (Wildman–Crippen MR) is 91.0 cm³/mol. The fraction of sp³-hybridized carbons (Fsp3) is 0.375. The van der Waals surface area contributed by atoms with Crippen molar-refractivity contribution >= 4 is 49.4 Å². The number of benzene rings is 1. The van der Waals surface area contributed by atoms with Crippen LogP contribution in [0.25, 0.3) is 5.57 Å². The van der Waals surface area contributed by atoms with Gasteiger partial charge in [-0.25, -0.2) is 0 Å². The van der Waals surface area contributed by atoms with E-state index in [2.05, 4.69) is 31.9 Å². The normalized spacial score (nSPS) is 27.7. The number of rotatable bonds is 3. The van der Waals surface area contributed by atoms with Crippen molar-refractivity contribution in [1.82, 2.24) is 0 Å². The fourth-order valence-electron chi connectivity index (χ4n) is 2.37. The Morgan fingerprint density at radius 3 is 2.09 bits per heavy atom. The summed E-state index contributed by atoms with van der Waals surface area (Å²) in [5.41, 5.74) is 1.74. The first kappa shape index (κ1) is 17.2. The molecule has 2 rings (SSSR count). The Bertz CT molecular complexity index is 585. The monoisotopic (exact) mass is 430 g/mol. The number of halogens is 2. The Balaban J connectivity index is 2.44. The van der Waals surface area contributed by atoms with E-state index >= 15 is 0 Å². The summed E-state index contributed by atoms with van der Waals surface area (Å²) < 4.78 is 10.8. The summed E-state index contributed by atoms with van der Waals surface area (Å²) in [6, 6.07) is 9.59. The smallest absolute Gasteiger partial charge is 0.303 e. The summed E-state index contributed by atoms with van der Waals surface area (Å²) in [5, 5.41) is 0. The van der Waals surface area contributed by atoms with Crippen molar-refractivity contribution in [3.05, 3.63) is 42.0 Å². The molecule has 4 atom stereocenters. The molecule has 1 aromatic carbocycles. The van der Waals surface area contributed by atoms with Gasteiger partial charge in [0.25, 0.3) is 0 Å². The first-order chi connectivity index (χ1) is 10.4. The highest BCUT2D eigenvalue weighted by atomic mass is 79.9. The average molecular weight is 432 g/mol. The van der Waals surface area contributed by atoms with Gasteiger partial charge in [0.15, 0.2) is 0 Å². The lowest BCUT2D eigenvalue weighted by Crippen LogP contribution is -2.44. The fourth-order valence-corrected chi connectivity index (χ4v) is 3.60. The largest absolute Gasteiger partial charge is 0.457 e. The molecule has 22 heavy (non-hydrogen) atoms. The highest BCUT2D eigenvalue weighted by Crippen LogP contribution is 2.38. The number of ether oxygens (including phenoxy) is 2. The van der Waals surface area contributed by atoms with Crippen LogP contribution in [0.5, 0.6) is 0 Å². The molecule has 0 bridgehead atoms. The number of carbonyl (C=O) groups excluding carboxylic acids is 2. The van der Waals surface area contributed by atoms with E-state index in [1.807, 2.05) is 36.4 Å². The van der Waals surface area contributed by atoms with Crippen LogP contribution >= 0.6 is 31.9 Å². The van der Waals surface area contributed by atoms with Crippen molar-refractivity contribution in [2.75, 3.05) is 0 Å². The summed E-state index contributed by atoms with van der Waals surface area (Å²) in [6.07, 6.45) is 0.932. The van der Waals surface area contributed by atoms with Crippen LogP contribution in [0.3, 0.4) is 0 Å². The summed E-state index contributed by atoms with van der Waals surface area (Å²) in [7, 11) is 0. The van der Waals surface area contributed by atoms with Crippen molar-refractivity contribution in [2.24, 2.45) is 0 Å². The summed E-state index contributed by atoms with van der Waals surface area (Å²) in [5.74, 6) is -0.717. The Hall–Kier alpha value is -1.14. The van der Waals surface area contributed by atoms with Crippen molar-refractivity contribution < 1.29 is 19.1 Å². The molecule has 1 aliphatic rings. The third kappa shape index (κ3) is 3.98. The van der Waals surface area contributed by atoms with Gasteiger partial charge >= 0.3 is 11.9 Å². The van der Waals surface area contributed by atoms with Crippen molar-refractivity contribution in [2.45, 2.75) is 35.7 Å². The van der Waals surface area contributed by atoms with Crippen LogP contribution in [0.1, 0.15) is 19.4 Å². The molecule has 0 fully saturated rings. The van der Waals surface area contributed by atoms with Crippen LogP contribution in [0.2, 0.25) is 0 Å². The number of esters is 2.